The summed E-state index contributed by atoms with van der Waals surface area (Å²) >= 11 is 0. The number of carbonyl (C=O) groups excluding carboxylic acids is 1. The van der Waals surface area contributed by atoms with E-state index in [-0.39, 0.29) is 5.91 Å². The number of hydrogen-bond acceptors (Lipinski definition) is 5. The van der Waals surface area contributed by atoms with E-state index in [2.05, 4.69) is 43.9 Å². The van der Waals surface area contributed by atoms with Gasteiger partial charge in [-0.25, -0.2) is 4.98 Å². The lowest BCUT2D eigenvalue weighted by Gasteiger charge is -2.10. The number of benzene rings is 1. The van der Waals surface area contributed by atoms with E-state index in [0.29, 0.717) is 22.8 Å². The van der Waals surface area contributed by atoms with E-state index in [0.717, 1.165) is 28.7 Å². The van der Waals surface area contributed by atoms with Crippen molar-refractivity contribution in [2.75, 3.05) is 5.32 Å². The second-order valence-corrected chi connectivity index (χ2v) is 7.04. The maximum absolute atomic E-state index is 12.7. The van der Waals surface area contributed by atoms with Crippen LogP contribution in [0.4, 0.5) is 5.69 Å². The molecule has 0 bridgehead atoms. The number of hydrogen-bond donors (Lipinski definition) is 1. The standard InChI is InChI=1S/C20H20N6O/c1-12(2)10-26-11-22-19-18(26)16-8-14(5-7-17(16)24-25-19)20(27)23-15-6-4-13(3)21-9-15/h4-9,11-12H,10H2,1-3H3,(H,23,27). The number of nitrogens with zero attached hydrogens (tertiary/aromatic N) is 5. The molecule has 3 aromatic heterocycles. The lowest BCUT2D eigenvalue weighted by Crippen LogP contribution is -2.12. The molecular weight excluding hydrogens is 340 g/mol. The van der Waals surface area contributed by atoms with Crippen molar-refractivity contribution in [3.05, 3.63) is 54.1 Å². The minimum atomic E-state index is -0.192. The molecule has 0 saturated heterocycles. The molecule has 1 aromatic carbocycles. The molecule has 0 aliphatic carbocycles. The molecule has 0 atom stereocenters. The first-order valence-electron chi connectivity index (χ1n) is 8.86. The average molecular weight is 360 g/mol. The highest BCUT2D eigenvalue weighted by Gasteiger charge is 2.14. The third kappa shape index (κ3) is 3.36. The largest absolute Gasteiger partial charge is 0.328 e. The van der Waals surface area contributed by atoms with E-state index in [1.165, 1.54) is 0 Å². The molecule has 0 aliphatic heterocycles. The van der Waals surface area contributed by atoms with Crippen molar-refractivity contribution in [2.45, 2.75) is 27.3 Å². The molecule has 1 amide bonds. The first kappa shape index (κ1) is 17.1. The first-order valence-corrected chi connectivity index (χ1v) is 8.86. The van der Waals surface area contributed by atoms with Crippen LogP contribution in [0.1, 0.15) is 29.9 Å². The third-order valence-electron chi connectivity index (χ3n) is 4.32. The topological polar surface area (TPSA) is 85.6 Å². The van der Waals surface area contributed by atoms with Gasteiger partial charge in [-0.05, 0) is 43.2 Å². The Morgan fingerprint density at radius 2 is 2.00 bits per heavy atom. The molecule has 1 N–H and O–H groups in total. The Kier molecular flexibility index (Phi) is 4.27. The molecule has 0 spiro atoms. The number of rotatable bonds is 4. The summed E-state index contributed by atoms with van der Waals surface area (Å²) in [7, 11) is 0. The molecule has 0 radical (unpaired) electrons. The fourth-order valence-corrected chi connectivity index (χ4v) is 3.05. The number of imidazole rings is 1. The Morgan fingerprint density at radius 3 is 2.74 bits per heavy atom. The molecule has 7 nitrogen and oxygen atoms in total. The summed E-state index contributed by atoms with van der Waals surface area (Å²) in [5.74, 6) is 0.272. The van der Waals surface area contributed by atoms with Crippen LogP contribution in [-0.4, -0.2) is 30.6 Å². The fourth-order valence-electron chi connectivity index (χ4n) is 3.05. The summed E-state index contributed by atoms with van der Waals surface area (Å²) in [5.41, 5.74) is 4.34. The van der Waals surface area contributed by atoms with Crippen LogP contribution in [0.25, 0.3) is 22.1 Å². The van der Waals surface area contributed by atoms with E-state index in [1.807, 2.05) is 31.2 Å². The maximum atomic E-state index is 12.7. The van der Waals surface area contributed by atoms with Gasteiger partial charge in [-0.1, -0.05) is 13.8 Å². The van der Waals surface area contributed by atoms with Gasteiger partial charge >= 0.3 is 0 Å². The van der Waals surface area contributed by atoms with Crippen molar-refractivity contribution in [2.24, 2.45) is 5.92 Å². The van der Waals surface area contributed by atoms with Gasteiger partial charge in [-0.15, -0.1) is 10.2 Å². The minimum absolute atomic E-state index is 0.192. The van der Waals surface area contributed by atoms with Crippen molar-refractivity contribution >= 4 is 33.7 Å². The fraction of sp³-hybridized carbons (Fsp3) is 0.250. The van der Waals surface area contributed by atoms with Gasteiger partial charge in [0, 0.05) is 23.2 Å². The molecule has 4 aromatic rings. The molecular formula is C20H20N6O. The summed E-state index contributed by atoms with van der Waals surface area (Å²) in [6.07, 6.45) is 3.43. The number of aryl methyl sites for hydroxylation is 1. The molecule has 0 fully saturated rings. The van der Waals surface area contributed by atoms with Gasteiger partial charge in [0.1, 0.15) is 0 Å². The lowest BCUT2D eigenvalue weighted by atomic mass is 10.1. The highest BCUT2D eigenvalue weighted by atomic mass is 16.1. The highest BCUT2D eigenvalue weighted by Crippen LogP contribution is 2.24. The number of carbonyl (C=O) groups is 1. The molecule has 3 heterocycles. The predicted molar refractivity (Wildman–Crippen MR) is 105 cm³/mol. The maximum Gasteiger partial charge on any atom is 0.255 e. The second kappa shape index (κ2) is 6.75. The van der Waals surface area contributed by atoms with Crippen LogP contribution >= 0.6 is 0 Å². The molecule has 7 heteroatoms. The molecule has 0 aliphatic rings. The van der Waals surface area contributed by atoms with Gasteiger partial charge in [-0.3, -0.25) is 9.78 Å². The third-order valence-corrected chi connectivity index (χ3v) is 4.32. The Morgan fingerprint density at radius 1 is 1.15 bits per heavy atom. The molecule has 27 heavy (non-hydrogen) atoms. The van der Waals surface area contributed by atoms with E-state index >= 15 is 0 Å². The van der Waals surface area contributed by atoms with Crippen molar-refractivity contribution in [1.29, 1.82) is 0 Å². The van der Waals surface area contributed by atoms with E-state index in [4.69, 9.17) is 0 Å². The highest BCUT2D eigenvalue weighted by molar-refractivity contribution is 6.09. The quantitative estimate of drug-likeness (QED) is 0.601. The number of aromatic nitrogens is 5. The summed E-state index contributed by atoms with van der Waals surface area (Å²) in [6, 6.07) is 9.11. The van der Waals surface area contributed by atoms with Crippen LogP contribution in [0.2, 0.25) is 0 Å². The van der Waals surface area contributed by atoms with Crippen molar-refractivity contribution < 1.29 is 4.79 Å². The summed E-state index contributed by atoms with van der Waals surface area (Å²) in [4.78, 5) is 21.2. The van der Waals surface area contributed by atoms with Gasteiger partial charge in [0.25, 0.3) is 5.91 Å². The smallest absolute Gasteiger partial charge is 0.255 e. The zero-order chi connectivity index (χ0) is 19.0. The normalized spacial score (nSPS) is 11.4. The number of nitrogens with one attached hydrogen (secondary N) is 1. The SMILES string of the molecule is Cc1ccc(NC(=O)c2ccc3nnc4ncn(CC(C)C)c4c3c2)cn1. The zero-order valence-corrected chi connectivity index (χ0v) is 15.5. The molecule has 136 valence electrons. The molecule has 4 rings (SSSR count). The average Bonchev–Trinajstić information content (AvgIpc) is 3.06. The van der Waals surface area contributed by atoms with Crippen LogP contribution in [0, 0.1) is 12.8 Å². The van der Waals surface area contributed by atoms with Crippen LogP contribution in [0.15, 0.2) is 42.9 Å². The van der Waals surface area contributed by atoms with Gasteiger partial charge in [0.05, 0.1) is 29.2 Å². The summed E-state index contributed by atoms with van der Waals surface area (Å²) in [6.45, 7) is 7.03. The second-order valence-electron chi connectivity index (χ2n) is 7.04. The minimum Gasteiger partial charge on any atom is -0.328 e. The Bertz CT molecular complexity index is 1130. The first-order chi connectivity index (χ1) is 13.0. The summed E-state index contributed by atoms with van der Waals surface area (Å²) in [5, 5.41) is 12.2. The molecule has 0 unspecified atom stereocenters. The van der Waals surface area contributed by atoms with Crippen LogP contribution in [-0.2, 0) is 6.54 Å². The Labute approximate surface area is 156 Å². The number of amides is 1. The van der Waals surface area contributed by atoms with Crippen LogP contribution in [0.5, 0.6) is 0 Å². The van der Waals surface area contributed by atoms with Crippen LogP contribution < -0.4 is 5.32 Å². The van der Waals surface area contributed by atoms with E-state index < -0.39 is 0 Å². The van der Waals surface area contributed by atoms with Crippen molar-refractivity contribution in [3.63, 3.8) is 0 Å². The van der Waals surface area contributed by atoms with Gasteiger partial charge in [-0.2, -0.15) is 0 Å². The lowest BCUT2D eigenvalue weighted by molar-refractivity contribution is 0.102. The van der Waals surface area contributed by atoms with E-state index in [9.17, 15) is 4.79 Å². The van der Waals surface area contributed by atoms with Gasteiger partial charge in [0.2, 0.25) is 5.65 Å². The zero-order valence-electron chi connectivity index (χ0n) is 15.5. The van der Waals surface area contributed by atoms with Gasteiger partial charge in [0.15, 0.2) is 0 Å². The predicted octanol–water partition coefficient (Wildman–Crippen LogP) is 3.59. The van der Waals surface area contributed by atoms with Crippen LogP contribution in [0.3, 0.4) is 0 Å². The van der Waals surface area contributed by atoms with Crippen molar-refractivity contribution in [1.82, 2.24) is 24.7 Å². The van der Waals surface area contributed by atoms with Crippen molar-refractivity contribution in [3.8, 4) is 0 Å². The number of fused-ring (bicyclic) bond motifs is 3. The number of anilines is 1. The molecule has 0 saturated carbocycles. The number of pyridine rings is 1. The van der Waals surface area contributed by atoms with E-state index in [1.54, 1.807) is 18.6 Å². The monoisotopic (exact) mass is 360 g/mol. The van der Waals surface area contributed by atoms with Gasteiger partial charge < -0.3 is 9.88 Å². The Balaban J connectivity index is 1.75. The Hall–Kier alpha value is -3.35. The summed E-state index contributed by atoms with van der Waals surface area (Å²) < 4.78 is 2.07.